The first-order valence-corrected chi connectivity index (χ1v) is 9.99. The van der Waals surface area contributed by atoms with Gasteiger partial charge >= 0.3 is 5.97 Å². The maximum absolute atomic E-state index is 12.8. The largest absolute Gasteiger partial charge is 0.459 e. The molecule has 3 nitrogen and oxygen atoms in total. The number of Topliss-reactive ketones (excluding diaryl/α,β-unsaturated/α-hetero) is 1. The first kappa shape index (κ1) is 18.7. The van der Waals surface area contributed by atoms with E-state index in [2.05, 4.69) is 27.4 Å². The van der Waals surface area contributed by atoms with Crippen molar-refractivity contribution < 1.29 is 14.3 Å². The average molecular weight is 347 g/mol. The predicted octanol–water partition coefficient (Wildman–Crippen LogP) is 5.23. The molecule has 0 saturated heterocycles. The van der Waals surface area contributed by atoms with Gasteiger partial charge in [-0.25, -0.2) is 0 Å². The van der Waals surface area contributed by atoms with Crippen LogP contribution in [0, 0.1) is 22.7 Å². The molecule has 0 aliphatic heterocycles. The molecule has 3 saturated carbocycles. The van der Waals surface area contributed by atoms with E-state index in [0.717, 1.165) is 57.8 Å². The van der Waals surface area contributed by atoms with Crippen molar-refractivity contribution in [3.05, 3.63) is 12.2 Å². The highest BCUT2D eigenvalue weighted by molar-refractivity contribution is 5.87. The van der Waals surface area contributed by atoms with Gasteiger partial charge in [-0.15, -0.1) is 0 Å². The standard InChI is InChI=1S/C22H34O3/c1-15-13-22(14-17(15)7-8-19(22)24)12-9-18-20(3,4)10-6-11-21(18,5)25-16(2)23/h17-18H,1,6-14H2,2-5H3/t17-,18+,21+,22-/m0/s1. The molecule has 2 bridgehead atoms. The van der Waals surface area contributed by atoms with Crippen LogP contribution >= 0.6 is 0 Å². The van der Waals surface area contributed by atoms with Crippen LogP contribution in [0.25, 0.3) is 0 Å². The fraction of sp³-hybridized carbons (Fsp3) is 0.818. The molecule has 3 heteroatoms. The highest BCUT2D eigenvalue weighted by atomic mass is 16.6. The molecule has 4 atom stereocenters. The first-order chi connectivity index (χ1) is 11.6. The SMILES string of the molecule is C=C1C[C@@]2(CC[C@@H]3C(C)(C)CCC[C@@]3(C)OC(C)=O)C[C@@H]1CCC2=O. The van der Waals surface area contributed by atoms with E-state index in [9.17, 15) is 9.59 Å². The molecule has 140 valence electrons. The molecular formula is C22H34O3. The number of ether oxygens (including phenoxy) is 1. The van der Waals surface area contributed by atoms with Crippen LogP contribution in [0.4, 0.5) is 0 Å². The van der Waals surface area contributed by atoms with Gasteiger partial charge in [0.15, 0.2) is 0 Å². The van der Waals surface area contributed by atoms with Crippen molar-refractivity contribution in [3.8, 4) is 0 Å². The van der Waals surface area contributed by atoms with E-state index >= 15 is 0 Å². The van der Waals surface area contributed by atoms with Crippen LogP contribution in [0.5, 0.6) is 0 Å². The van der Waals surface area contributed by atoms with Gasteiger partial charge in [0, 0.05) is 24.7 Å². The summed E-state index contributed by atoms with van der Waals surface area (Å²) in [6.45, 7) is 12.5. The predicted molar refractivity (Wildman–Crippen MR) is 99.1 cm³/mol. The van der Waals surface area contributed by atoms with E-state index in [0.29, 0.717) is 17.6 Å². The highest BCUT2D eigenvalue weighted by Gasteiger charge is 2.53. The second-order valence-electron chi connectivity index (χ2n) is 9.82. The van der Waals surface area contributed by atoms with Crippen molar-refractivity contribution in [2.24, 2.45) is 22.7 Å². The van der Waals surface area contributed by atoms with Crippen LogP contribution in [-0.2, 0) is 14.3 Å². The van der Waals surface area contributed by atoms with E-state index in [1.165, 1.54) is 12.5 Å². The number of allylic oxidation sites excluding steroid dienone is 1. The van der Waals surface area contributed by atoms with Crippen LogP contribution in [0.3, 0.4) is 0 Å². The van der Waals surface area contributed by atoms with Crippen molar-refractivity contribution in [1.29, 1.82) is 0 Å². The number of hydrogen-bond acceptors (Lipinski definition) is 3. The molecule has 0 N–H and O–H groups in total. The van der Waals surface area contributed by atoms with Gasteiger partial charge in [0.05, 0.1) is 0 Å². The Hall–Kier alpha value is -1.12. The van der Waals surface area contributed by atoms with Gasteiger partial charge < -0.3 is 4.74 Å². The molecule has 0 aromatic rings. The zero-order valence-corrected chi connectivity index (χ0v) is 16.5. The van der Waals surface area contributed by atoms with E-state index < -0.39 is 5.60 Å². The normalized spacial score (nSPS) is 40.2. The molecule has 25 heavy (non-hydrogen) atoms. The van der Waals surface area contributed by atoms with Crippen LogP contribution in [0.15, 0.2) is 12.2 Å². The van der Waals surface area contributed by atoms with E-state index in [1.807, 2.05) is 0 Å². The number of carbonyl (C=O) groups is 2. The number of ketones is 1. The van der Waals surface area contributed by atoms with E-state index in [-0.39, 0.29) is 16.8 Å². The lowest BCUT2D eigenvalue weighted by Crippen LogP contribution is -2.50. The molecular weight excluding hydrogens is 312 g/mol. The third kappa shape index (κ3) is 3.31. The molecule has 3 aliphatic rings. The summed E-state index contributed by atoms with van der Waals surface area (Å²) < 4.78 is 5.85. The third-order valence-electron chi connectivity index (χ3n) is 7.55. The zero-order chi connectivity index (χ0) is 18.5. The number of carbonyl (C=O) groups excluding carboxylic acids is 2. The highest BCUT2D eigenvalue weighted by Crippen LogP contribution is 2.57. The Morgan fingerprint density at radius 2 is 2.00 bits per heavy atom. The van der Waals surface area contributed by atoms with Gasteiger partial charge in [-0.2, -0.15) is 0 Å². The van der Waals surface area contributed by atoms with Gasteiger partial charge in [-0.3, -0.25) is 9.59 Å². The second kappa shape index (κ2) is 6.25. The summed E-state index contributed by atoms with van der Waals surface area (Å²) in [7, 11) is 0. The van der Waals surface area contributed by atoms with Crippen LogP contribution in [0.1, 0.15) is 85.5 Å². The molecule has 0 radical (unpaired) electrons. The monoisotopic (exact) mass is 346 g/mol. The molecule has 0 aromatic heterocycles. The van der Waals surface area contributed by atoms with Crippen molar-refractivity contribution in [1.82, 2.24) is 0 Å². The molecule has 0 spiro atoms. The minimum absolute atomic E-state index is 0.131. The van der Waals surface area contributed by atoms with Crippen LogP contribution in [0.2, 0.25) is 0 Å². The lowest BCUT2D eigenvalue weighted by molar-refractivity contribution is -0.176. The van der Waals surface area contributed by atoms with Gasteiger partial charge in [0.2, 0.25) is 0 Å². The number of rotatable bonds is 4. The zero-order valence-electron chi connectivity index (χ0n) is 16.5. The summed E-state index contributed by atoms with van der Waals surface area (Å²) in [5.74, 6) is 1.11. The van der Waals surface area contributed by atoms with Crippen LogP contribution in [-0.4, -0.2) is 17.4 Å². The third-order valence-corrected chi connectivity index (χ3v) is 7.55. The van der Waals surface area contributed by atoms with Crippen molar-refractivity contribution in [2.75, 3.05) is 0 Å². The number of fused-ring (bicyclic) bond motifs is 2. The Kier molecular flexibility index (Phi) is 4.66. The Balaban J connectivity index is 1.80. The Bertz CT molecular complexity index is 590. The lowest BCUT2D eigenvalue weighted by Gasteiger charge is -2.51. The molecule has 0 aromatic carbocycles. The molecule has 3 rings (SSSR count). The Morgan fingerprint density at radius 1 is 1.28 bits per heavy atom. The van der Waals surface area contributed by atoms with E-state index in [4.69, 9.17) is 4.74 Å². The van der Waals surface area contributed by atoms with Crippen molar-refractivity contribution in [2.45, 2.75) is 91.1 Å². The fourth-order valence-corrected chi connectivity index (χ4v) is 6.32. The summed E-state index contributed by atoms with van der Waals surface area (Å²) in [6.07, 6.45) is 8.67. The minimum Gasteiger partial charge on any atom is -0.459 e. The summed E-state index contributed by atoms with van der Waals surface area (Å²) in [5.41, 5.74) is 0.837. The summed E-state index contributed by atoms with van der Waals surface area (Å²) in [6, 6.07) is 0. The maximum Gasteiger partial charge on any atom is 0.303 e. The average Bonchev–Trinajstić information content (AvgIpc) is 2.74. The molecule has 3 aliphatic carbocycles. The number of esters is 1. The topological polar surface area (TPSA) is 43.4 Å². The lowest BCUT2D eigenvalue weighted by atomic mass is 9.58. The van der Waals surface area contributed by atoms with Gasteiger partial charge in [0.1, 0.15) is 11.4 Å². The Labute approximate surface area is 152 Å². The van der Waals surface area contributed by atoms with Gasteiger partial charge in [0.25, 0.3) is 0 Å². The van der Waals surface area contributed by atoms with Crippen molar-refractivity contribution in [3.63, 3.8) is 0 Å². The van der Waals surface area contributed by atoms with Crippen molar-refractivity contribution >= 4 is 11.8 Å². The quantitative estimate of drug-likeness (QED) is 0.517. The van der Waals surface area contributed by atoms with Gasteiger partial charge in [-0.05, 0) is 69.6 Å². The summed E-state index contributed by atoms with van der Waals surface area (Å²) >= 11 is 0. The minimum atomic E-state index is -0.406. The maximum atomic E-state index is 12.8. The van der Waals surface area contributed by atoms with Gasteiger partial charge in [-0.1, -0.05) is 26.0 Å². The molecule has 0 unspecified atom stereocenters. The summed E-state index contributed by atoms with van der Waals surface area (Å²) in [4.78, 5) is 24.5. The van der Waals surface area contributed by atoms with E-state index in [1.54, 1.807) is 0 Å². The molecule has 0 heterocycles. The first-order valence-electron chi connectivity index (χ1n) is 9.99. The number of hydrogen-bond donors (Lipinski definition) is 0. The smallest absolute Gasteiger partial charge is 0.303 e. The molecule has 0 amide bonds. The second-order valence-corrected chi connectivity index (χ2v) is 9.82. The fourth-order valence-electron chi connectivity index (χ4n) is 6.32. The summed E-state index contributed by atoms with van der Waals surface area (Å²) in [5, 5.41) is 0. The van der Waals surface area contributed by atoms with Crippen LogP contribution < -0.4 is 0 Å². The molecule has 3 fully saturated rings. The Morgan fingerprint density at radius 3 is 2.68 bits per heavy atom.